The molecule has 2 atom stereocenters. The first-order chi connectivity index (χ1) is 7.88. The van der Waals surface area contributed by atoms with E-state index < -0.39 is 16.8 Å². The van der Waals surface area contributed by atoms with Crippen LogP contribution in [0.5, 0.6) is 0 Å². The van der Waals surface area contributed by atoms with Gasteiger partial charge in [-0.3, -0.25) is 4.21 Å². The number of hydrogen-bond donors (Lipinski definition) is 2. The van der Waals surface area contributed by atoms with E-state index in [1.807, 2.05) is 6.92 Å². The number of aromatic carboxylic acids is 1. The van der Waals surface area contributed by atoms with Crippen molar-refractivity contribution in [1.29, 1.82) is 0 Å². The summed E-state index contributed by atoms with van der Waals surface area (Å²) >= 11 is 3.26. The Bertz CT molecular complexity index is 450. The topological polar surface area (TPSA) is 66.4 Å². The SMILES string of the molecule is CC(CS(C)=O)Nc1cc(Br)cc(C(=O)O)c1. The van der Waals surface area contributed by atoms with Crippen LogP contribution in [0.3, 0.4) is 0 Å². The van der Waals surface area contributed by atoms with Gasteiger partial charge in [-0.15, -0.1) is 0 Å². The quantitative estimate of drug-likeness (QED) is 0.874. The van der Waals surface area contributed by atoms with Crippen LogP contribution in [-0.2, 0) is 10.8 Å². The summed E-state index contributed by atoms with van der Waals surface area (Å²) in [6, 6.07) is 4.91. The van der Waals surface area contributed by atoms with Crippen LogP contribution in [0, 0.1) is 0 Å². The van der Waals surface area contributed by atoms with Crippen molar-refractivity contribution in [2.24, 2.45) is 0 Å². The molecule has 0 bridgehead atoms. The number of carbonyl (C=O) groups is 1. The molecule has 0 aliphatic carbocycles. The fraction of sp³-hybridized carbons (Fsp3) is 0.364. The average molecular weight is 320 g/mol. The van der Waals surface area contributed by atoms with Crippen LogP contribution in [0.1, 0.15) is 17.3 Å². The summed E-state index contributed by atoms with van der Waals surface area (Å²) in [5, 5.41) is 12.0. The number of halogens is 1. The molecule has 6 heteroatoms. The molecule has 0 fully saturated rings. The van der Waals surface area contributed by atoms with E-state index in [1.54, 1.807) is 18.4 Å². The lowest BCUT2D eigenvalue weighted by Crippen LogP contribution is -2.22. The fourth-order valence-electron chi connectivity index (χ4n) is 1.47. The molecular formula is C11H14BrNO3S. The molecule has 2 N–H and O–H groups in total. The molecular weight excluding hydrogens is 306 g/mol. The summed E-state index contributed by atoms with van der Waals surface area (Å²) in [6.45, 7) is 1.91. The van der Waals surface area contributed by atoms with E-state index in [2.05, 4.69) is 21.2 Å². The smallest absolute Gasteiger partial charge is 0.335 e. The molecule has 94 valence electrons. The predicted molar refractivity (Wildman–Crippen MR) is 73.1 cm³/mol. The van der Waals surface area contributed by atoms with Gasteiger partial charge >= 0.3 is 5.97 Å². The van der Waals surface area contributed by atoms with Crippen molar-refractivity contribution >= 4 is 38.4 Å². The average Bonchev–Trinajstić information content (AvgIpc) is 2.14. The number of anilines is 1. The van der Waals surface area contributed by atoms with Crippen molar-refractivity contribution in [3.63, 3.8) is 0 Å². The molecule has 0 spiro atoms. The third-order valence-electron chi connectivity index (χ3n) is 2.04. The highest BCUT2D eigenvalue weighted by Crippen LogP contribution is 2.20. The second-order valence-electron chi connectivity index (χ2n) is 3.82. The minimum Gasteiger partial charge on any atom is -0.478 e. The number of benzene rings is 1. The number of carboxylic acids is 1. The van der Waals surface area contributed by atoms with Crippen LogP contribution >= 0.6 is 15.9 Å². The Hall–Kier alpha value is -0.880. The Labute approximate surface area is 111 Å². The van der Waals surface area contributed by atoms with E-state index in [9.17, 15) is 9.00 Å². The number of hydrogen-bond acceptors (Lipinski definition) is 3. The molecule has 0 saturated heterocycles. The first-order valence-electron chi connectivity index (χ1n) is 4.99. The second-order valence-corrected chi connectivity index (χ2v) is 6.21. The highest BCUT2D eigenvalue weighted by atomic mass is 79.9. The maximum Gasteiger partial charge on any atom is 0.335 e. The summed E-state index contributed by atoms with van der Waals surface area (Å²) in [5.41, 5.74) is 0.918. The zero-order chi connectivity index (χ0) is 13.0. The minimum absolute atomic E-state index is 0.0248. The van der Waals surface area contributed by atoms with Gasteiger partial charge in [0.25, 0.3) is 0 Å². The lowest BCUT2D eigenvalue weighted by molar-refractivity contribution is 0.0697. The van der Waals surface area contributed by atoms with Crippen molar-refractivity contribution in [3.05, 3.63) is 28.2 Å². The zero-order valence-electron chi connectivity index (χ0n) is 9.57. The lowest BCUT2D eigenvalue weighted by atomic mass is 10.2. The van der Waals surface area contributed by atoms with Crippen LogP contribution in [0.4, 0.5) is 5.69 Å². The largest absolute Gasteiger partial charge is 0.478 e. The monoisotopic (exact) mass is 319 g/mol. The first-order valence-corrected chi connectivity index (χ1v) is 7.51. The third kappa shape index (κ3) is 4.87. The fourth-order valence-corrected chi connectivity index (χ4v) is 2.76. The Kier molecular flexibility index (Phi) is 5.14. The highest BCUT2D eigenvalue weighted by molar-refractivity contribution is 9.10. The Morgan fingerprint density at radius 2 is 2.18 bits per heavy atom. The summed E-state index contributed by atoms with van der Waals surface area (Å²) in [5.74, 6) is -0.448. The van der Waals surface area contributed by atoms with Gasteiger partial charge in [0.15, 0.2) is 0 Å². The van der Waals surface area contributed by atoms with E-state index in [0.717, 1.165) is 0 Å². The van der Waals surface area contributed by atoms with E-state index in [1.165, 1.54) is 6.07 Å². The molecule has 0 aliphatic heterocycles. The van der Waals surface area contributed by atoms with E-state index in [0.29, 0.717) is 15.9 Å². The van der Waals surface area contributed by atoms with Gasteiger partial charge in [0.1, 0.15) is 0 Å². The van der Waals surface area contributed by atoms with Crippen molar-refractivity contribution in [3.8, 4) is 0 Å². The van der Waals surface area contributed by atoms with Crippen molar-refractivity contribution in [2.45, 2.75) is 13.0 Å². The molecule has 1 rings (SSSR count). The molecule has 0 saturated carbocycles. The Balaban J connectivity index is 2.84. The van der Waals surface area contributed by atoms with Crippen LogP contribution in [0.2, 0.25) is 0 Å². The molecule has 17 heavy (non-hydrogen) atoms. The van der Waals surface area contributed by atoms with Crippen molar-refractivity contribution < 1.29 is 14.1 Å². The molecule has 0 amide bonds. The van der Waals surface area contributed by atoms with Gasteiger partial charge in [-0.05, 0) is 25.1 Å². The Morgan fingerprint density at radius 1 is 1.53 bits per heavy atom. The van der Waals surface area contributed by atoms with Gasteiger partial charge in [0.2, 0.25) is 0 Å². The summed E-state index contributed by atoms with van der Waals surface area (Å²) in [4.78, 5) is 10.9. The Morgan fingerprint density at radius 3 is 2.71 bits per heavy atom. The molecule has 0 radical (unpaired) electrons. The molecule has 4 nitrogen and oxygen atoms in total. The zero-order valence-corrected chi connectivity index (χ0v) is 12.0. The number of nitrogens with one attached hydrogen (secondary N) is 1. The van der Waals surface area contributed by atoms with E-state index in [-0.39, 0.29) is 11.6 Å². The van der Waals surface area contributed by atoms with Gasteiger partial charge in [0, 0.05) is 39.0 Å². The maximum absolute atomic E-state index is 11.1. The molecule has 2 unspecified atom stereocenters. The van der Waals surface area contributed by atoms with Crippen molar-refractivity contribution in [2.75, 3.05) is 17.3 Å². The summed E-state index contributed by atoms with van der Waals surface area (Å²) in [7, 11) is -0.879. The molecule has 0 aromatic heterocycles. The minimum atomic E-state index is -0.971. The number of carboxylic acid groups (broad SMARTS) is 1. The molecule has 0 aliphatic rings. The maximum atomic E-state index is 11.1. The third-order valence-corrected chi connectivity index (χ3v) is 3.47. The van der Waals surface area contributed by atoms with Crippen LogP contribution in [0.25, 0.3) is 0 Å². The molecule has 1 aromatic rings. The second kappa shape index (κ2) is 6.16. The summed E-state index contributed by atoms with van der Waals surface area (Å²) in [6.07, 6.45) is 1.64. The normalized spacial score (nSPS) is 14.1. The van der Waals surface area contributed by atoms with Crippen molar-refractivity contribution in [1.82, 2.24) is 0 Å². The molecule has 0 heterocycles. The van der Waals surface area contributed by atoms with Gasteiger partial charge < -0.3 is 10.4 Å². The van der Waals surface area contributed by atoms with Crippen LogP contribution in [0.15, 0.2) is 22.7 Å². The van der Waals surface area contributed by atoms with E-state index >= 15 is 0 Å². The van der Waals surface area contributed by atoms with Crippen LogP contribution < -0.4 is 5.32 Å². The van der Waals surface area contributed by atoms with Gasteiger partial charge in [0.05, 0.1) is 5.56 Å². The van der Waals surface area contributed by atoms with Gasteiger partial charge in [-0.1, -0.05) is 15.9 Å². The van der Waals surface area contributed by atoms with Gasteiger partial charge in [-0.2, -0.15) is 0 Å². The molecule has 1 aromatic carbocycles. The standard InChI is InChI=1S/C11H14BrNO3S/c1-7(6-17(2)16)13-10-4-8(11(14)15)3-9(12)5-10/h3-5,7,13H,6H2,1-2H3,(H,14,15). The number of rotatable bonds is 5. The van der Waals surface area contributed by atoms with Crippen LogP contribution in [-0.4, -0.2) is 33.3 Å². The summed E-state index contributed by atoms with van der Waals surface area (Å²) < 4.78 is 11.8. The first kappa shape index (κ1) is 14.2. The highest BCUT2D eigenvalue weighted by Gasteiger charge is 2.09. The predicted octanol–water partition coefficient (Wildman–Crippen LogP) is 2.33. The lowest BCUT2D eigenvalue weighted by Gasteiger charge is -2.14. The van der Waals surface area contributed by atoms with E-state index in [4.69, 9.17) is 5.11 Å². The van der Waals surface area contributed by atoms with Gasteiger partial charge in [-0.25, -0.2) is 4.79 Å².